The summed E-state index contributed by atoms with van der Waals surface area (Å²) in [5.74, 6) is 0.580. The third-order valence-corrected chi connectivity index (χ3v) is 8.31. The van der Waals surface area contributed by atoms with Gasteiger partial charge in [-0.1, -0.05) is 42.1 Å². The molecule has 0 aliphatic heterocycles. The van der Waals surface area contributed by atoms with E-state index < -0.39 is 16.1 Å². The molecule has 1 unspecified atom stereocenters. The lowest BCUT2D eigenvalue weighted by Crippen LogP contribution is -2.31. The molecule has 0 aliphatic carbocycles. The number of imidazole rings is 1. The van der Waals surface area contributed by atoms with E-state index >= 15 is 0 Å². The van der Waals surface area contributed by atoms with Gasteiger partial charge in [0.05, 0.1) is 29.9 Å². The van der Waals surface area contributed by atoms with Crippen molar-refractivity contribution in [2.45, 2.75) is 27.7 Å². The molecule has 0 bridgehead atoms. The number of aryl methyl sites for hydroxylation is 1. The third-order valence-electron chi connectivity index (χ3n) is 5.79. The maximum atomic E-state index is 13.6. The number of fused-ring (bicyclic) bond motifs is 1. The molecule has 0 saturated heterocycles. The Hall–Kier alpha value is -3.66. The maximum absolute atomic E-state index is 13.6. The molecule has 5 aromatic rings. The highest BCUT2D eigenvalue weighted by Crippen LogP contribution is 2.38. The van der Waals surface area contributed by atoms with E-state index in [2.05, 4.69) is 14.8 Å². The number of sulfonamides is 1. The summed E-state index contributed by atoms with van der Waals surface area (Å²) in [6.07, 6.45) is 3.33. The summed E-state index contributed by atoms with van der Waals surface area (Å²) in [6.45, 7) is 1.98. The van der Waals surface area contributed by atoms with Crippen LogP contribution in [-0.4, -0.2) is 30.1 Å². The van der Waals surface area contributed by atoms with E-state index in [1.54, 1.807) is 54.0 Å². The number of aromatic nitrogens is 3. The molecule has 182 valence electrons. The summed E-state index contributed by atoms with van der Waals surface area (Å²) in [5, 5.41) is 4.45. The number of benzene rings is 3. The molecular weight excluding hydrogens is 492 g/mol. The molecule has 0 aliphatic rings. The number of hydrogen-bond acceptors (Lipinski definition) is 6. The molecule has 2 aromatic heterocycles. The van der Waals surface area contributed by atoms with Crippen molar-refractivity contribution in [2.75, 3.05) is 7.11 Å². The smallest absolute Gasteiger partial charge is 0.241 e. The zero-order valence-electron chi connectivity index (χ0n) is 19.7. The number of nitrogens with zero attached hydrogens (tertiary/aromatic N) is 3. The monoisotopic (exact) mass is 516 g/mol. The Morgan fingerprint density at radius 3 is 2.47 bits per heavy atom. The number of rotatable bonds is 8. The standard InChI is InChI=1S/C27H24N4O3S2/c1-19-8-6-11-24(35-21-9-4-3-5-10-21)26(19)27(23-18-28-25-12-7-17-29-31(23)25)30-36(32,33)22-15-13-20(34-2)14-16-22/h3-18,27,30H,1-2H3. The van der Waals surface area contributed by atoms with Gasteiger partial charge in [-0.3, -0.25) is 0 Å². The molecule has 1 N–H and O–H groups in total. The van der Waals surface area contributed by atoms with Crippen LogP contribution in [0.2, 0.25) is 0 Å². The predicted molar refractivity (Wildman–Crippen MR) is 140 cm³/mol. The fourth-order valence-corrected chi connectivity index (χ4v) is 6.28. The first-order valence-electron chi connectivity index (χ1n) is 11.2. The molecule has 0 amide bonds. The Morgan fingerprint density at radius 1 is 0.944 bits per heavy atom. The van der Waals surface area contributed by atoms with Gasteiger partial charge in [-0.2, -0.15) is 9.82 Å². The Kier molecular flexibility index (Phi) is 6.77. The highest BCUT2D eigenvalue weighted by molar-refractivity contribution is 7.99. The van der Waals surface area contributed by atoms with E-state index in [-0.39, 0.29) is 4.90 Å². The van der Waals surface area contributed by atoms with Crippen molar-refractivity contribution in [1.29, 1.82) is 0 Å². The van der Waals surface area contributed by atoms with Crippen LogP contribution in [0.15, 0.2) is 112 Å². The van der Waals surface area contributed by atoms with Gasteiger partial charge in [0.15, 0.2) is 5.65 Å². The Morgan fingerprint density at radius 2 is 1.72 bits per heavy atom. The van der Waals surface area contributed by atoms with E-state index in [1.807, 2.05) is 61.5 Å². The average molecular weight is 517 g/mol. The predicted octanol–water partition coefficient (Wildman–Crippen LogP) is 5.27. The van der Waals surface area contributed by atoms with E-state index in [0.29, 0.717) is 17.1 Å². The van der Waals surface area contributed by atoms with Crippen molar-refractivity contribution < 1.29 is 13.2 Å². The highest BCUT2D eigenvalue weighted by Gasteiger charge is 2.29. The first-order chi connectivity index (χ1) is 17.5. The summed E-state index contributed by atoms with van der Waals surface area (Å²) in [4.78, 5) is 6.61. The van der Waals surface area contributed by atoms with Crippen molar-refractivity contribution in [3.05, 3.63) is 114 Å². The second kappa shape index (κ2) is 10.1. The first kappa shape index (κ1) is 24.1. The Balaban J connectivity index is 1.65. The average Bonchev–Trinajstić information content (AvgIpc) is 3.33. The normalized spacial score (nSPS) is 12.5. The molecule has 3 aromatic carbocycles. The van der Waals surface area contributed by atoms with Crippen molar-refractivity contribution in [3.63, 3.8) is 0 Å². The summed E-state index contributed by atoms with van der Waals surface area (Å²) in [6, 6.07) is 25.2. The van der Waals surface area contributed by atoms with Crippen LogP contribution in [-0.2, 0) is 10.0 Å². The summed E-state index contributed by atoms with van der Waals surface area (Å²) in [7, 11) is -2.38. The second-order valence-corrected chi connectivity index (χ2v) is 10.9. The van der Waals surface area contributed by atoms with Crippen LogP contribution in [0.3, 0.4) is 0 Å². The van der Waals surface area contributed by atoms with Gasteiger partial charge in [0.1, 0.15) is 5.75 Å². The fourth-order valence-electron chi connectivity index (χ4n) is 4.02. The second-order valence-electron chi connectivity index (χ2n) is 8.11. The topological polar surface area (TPSA) is 85.6 Å². The van der Waals surface area contributed by atoms with Crippen LogP contribution in [0.5, 0.6) is 5.75 Å². The van der Waals surface area contributed by atoms with E-state index in [0.717, 1.165) is 20.9 Å². The number of nitrogens with one attached hydrogen (secondary N) is 1. The van der Waals surface area contributed by atoms with Crippen LogP contribution in [0, 0.1) is 6.92 Å². The molecular formula is C27H24N4O3S2. The van der Waals surface area contributed by atoms with Crippen LogP contribution in [0.1, 0.15) is 22.9 Å². The van der Waals surface area contributed by atoms with Gasteiger partial charge in [0, 0.05) is 16.0 Å². The van der Waals surface area contributed by atoms with Gasteiger partial charge >= 0.3 is 0 Å². The number of methoxy groups -OCH3 is 1. The lowest BCUT2D eigenvalue weighted by molar-refractivity contribution is 0.414. The number of ether oxygens (including phenoxy) is 1. The lowest BCUT2D eigenvalue weighted by Gasteiger charge is -2.23. The van der Waals surface area contributed by atoms with E-state index in [9.17, 15) is 8.42 Å². The summed E-state index contributed by atoms with van der Waals surface area (Å²) < 4.78 is 37.0. The molecule has 0 fully saturated rings. The zero-order valence-corrected chi connectivity index (χ0v) is 21.3. The lowest BCUT2D eigenvalue weighted by atomic mass is 10.00. The largest absolute Gasteiger partial charge is 0.497 e. The van der Waals surface area contributed by atoms with Gasteiger partial charge in [-0.25, -0.2) is 17.9 Å². The number of hydrogen-bond donors (Lipinski definition) is 1. The molecule has 1 atom stereocenters. The van der Waals surface area contributed by atoms with Crippen LogP contribution in [0.4, 0.5) is 0 Å². The highest BCUT2D eigenvalue weighted by atomic mass is 32.2. The molecule has 9 heteroatoms. The van der Waals surface area contributed by atoms with E-state index in [4.69, 9.17) is 4.74 Å². The SMILES string of the molecule is COc1ccc(S(=O)(=O)NC(c2c(C)cccc2Sc2ccccc2)c2cnc3cccnn23)cc1. The van der Waals surface area contributed by atoms with Gasteiger partial charge in [0.25, 0.3) is 0 Å². The quantitative estimate of drug-likeness (QED) is 0.303. The van der Waals surface area contributed by atoms with Crippen molar-refractivity contribution in [1.82, 2.24) is 19.3 Å². The molecule has 0 spiro atoms. The van der Waals surface area contributed by atoms with Gasteiger partial charge in [-0.05, 0) is 72.6 Å². The van der Waals surface area contributed by atoms with Crippen LogP contribution < -0.4 is 9.46 Å². The van der Waals surface area contributed by atoms with Crippen molar-refractivity contribution >= 4 is 27.4 Å². The Bertz CT molecular complexity index is 1600. The molecule has 36 heavy (non-hydrogen) atoms. The summed E-state index contributed by atoms with van der Waals surface area (Å²) in [5.41, 5.74) is 3.04. The van der Waals surface area contributed by atoms with Crippen molar-refractivity contribution in [3.8, 4) is 5.75 Å². The minimum atomic E-state index is -3.92. The first-order valence-corrected chi connectivity index (χ1v) is 13.5. The fraction of sp³-hybridized carbons (Fsp3) is 0.111. The molecule has 7 nitrogen and oxygen atoms in total. The summed E-state index contributed by atoms with van der Waals surface area (Å²) >= 11 is 1.58. The minimum absolute atomic E-state index is 0.140. The Labute approximate surface area is 214 Å². The zero-order chi connectivity index (χ0) is 25.1. The van der Waals surface area contributed by atoms with E-state index in [1.165, 1.54) is 12.1 Å². The molecule has 2 heterocycles. The maximum Gasteiger partial charge on any atom is 0.241 e. The van der Waals surface area contributed by atoms with Crippen LogP contribution in [0.25, 0.3) is 5.65 Å². The van der Waals surface area contributed by atoms with Gasteiger partial charge < -0.3 is 4.74 Å². The van der Waals surface area contributed by atoms with Crippen molar-refractivity contribution in [2.24, 2.45) is 0 Å². The molecule has 0 radical (unpaired) electrons. The molecule has 5 rings (SSSR count). The van der Waals surface area contributed by atoms with Crippen LogP contribution >= 0.6 is 11.8 Å². The molecule has 0 saturated carbocycles. The third kappa shape index (κ3) is 4.86. The minimum Gasteiger partial charge on any atom is -0.497 e. The van der Waals surface area contributed by atoms with Gasteiger partial charge in [0.2, 0.25) is 10.0 Å². The van der Waals surface area contributed by atoms with Gasteiger partial charge in [-0.15, -0.1) is 0 Å².